The Labute approximate surface area is 150 Å². The predicted octanol–water partition coefficient (Wildman–Crippen LogP) is 2.97. The van der Waals surface area contributed by atoms with Gasteiger partial charge in [-0.15, -0.1) is 6.58 Å². The standard InChI is InChI=1S/C20H29N3O2/c1-5-10-23-11-6-7-18(23)20(25)22-17-12-16(9-8-15(17)4)19(24)21-13-14(2)3/h5,8-9,12,14,18H,1,6-7,10-11,13H2,2-4H3,(H,21,24)(H,22,25)/t18-/m0/s1. The Morgan fingerprint density at radius 1 is 1.40 bits per heavy atom. The maximum absolute atomic E-state index is 12.7. The van der Waals surface area contributed by atoms with Crippen LogP contribution in [0.3, 0.4) is 0 Å². The molecular weight excluding hydrogens is 314 g/mol. The number of nitrogens with zero attached hydrogens (tertiary/aromatic N) is 1. The molecule has 0 unspecified atom stereocenters. The van der Waals surface area contributed by atoms with Gasteiger partial charge in [-0.3, -0.25) is 14.5 Å². The molecular formula is C20H29N3O2. The van der Waals surface area contributed by atoms with Crippen LogP contribution in [0.15, 0.2) is 30.9 Å². The van der Waals surface area contributed by atoms with Crippen molar-refractivity contribution in [2.75, 3.05) is 25.0 Å². The molecule has 1 fully saturated rings. The van der Waals surface area contributed by atoms with E-state index in [0.29, 0.717) is 30.3 Å². The van der Waals surface area contributed by atoms with E-state index < -0.39 is 0 Å². The minimum Gasteiger partial charge on any atom is -0.352 e. The molecule has 1 heterocycles. The van der Waals surface area contributed by atoms with Crippen molar-refractivity contribution in [1.29, 1.82) is 0 Å². The van der Waals surface area contributed by atoms with Crippen molar-refractivity contribution in [3.05, 3.63) is 42.0 Å². The van der Waals surface area contributed by atoms with Crippen molar-refractivity contribution in [3.63, 3.8) is 0 Å². The van der Waals surface area contributed by atoms with E-state index in [4.69, 9.17) is 0 Å². The second-order valence-corrected chi connectivity index (χ2v) is 7.06. The van der Waals surface area contributed by atoms with Gasteiger partial charge in [0.25, 0.3) is 5.91 Å². The van der Waals surface area contributed by atoms with E-state index in [1.807, 2.05) is 19.1 Å². The zero-order chi connectivity index (χ0) is 18.4. The zero-order valence-electron chi connectivity index (χ0n) is 15.5. The van der Waals surface area contributed by atoms with E-state index in [1.165, 1.54) is 0 Å². The van der Waals surface area contributed by atoms with Crippen LogP contribution in [-0.2, 0) is 4.79 Å². The summed E-state index contributed by atoms with van der Waals surface area (Å²) < 4.78 is 0. The van der Waals surface area contributed by atoms with Crippen LogP contribution in [0.4, 0.5) is 5.69 Å². The fourth-order valence-corrected chi connectivity index (χ4v) is 3.02. The highest BCUT2D eigenvalue weighted by Gasteiger charge is 2.30. The van der Waals surface area contributed by atoms with Crippen LogP contribution in [0.5, 0.6) is 0 Å². The number of carbonyl (C=O) groups is 2. The van der Waals surface area contributed by atoms with E-state index in [1.54, 1.807) is 12.1 Å². The van der Waals surface area contributed by atoms with Crippen LogP contribution < -0.4 is 10.6 Å². The van der Waals surface area contributed by atoms with Gasteiger partial charge in [0, 0.05) is 24.3 Å². The van der Waals surface area contributed by atoms with Crippen LogP contribution in [0.2, 0.25) is 0 Å². The molecule has 5 heteroatoms. The van der Waals surface area contributed by atoms with Crippen molar-refractivity contribution in [3.8, 4) is 0 Å². The third kappa shape index (κ3) is 5.16. The third-order valence-electron chi connectivity index (χ3n) is 4.46. The number of benzene rings is 1. The molecule has 1 saturated heterocycles. The highest BCUT2D eigenvalue weighted by Crippen LogP contribution is 2.21. The van der Waals surface area contributed by atoms with Crippen molar-refractivity contribution >= 4 is 17.5 Å². The molecule has 25 heavy (non-hydrogen) atoms. The Hall–Kier alpha value is -2.14. The second-order valence-electron chi connectivity index (χ2n) is 7.06. The lowest BCUT2D eigenvalue weighted by atomic mass is 10.1. The molecule has 2 rings (SSSR count). The molecule has 0 aliphatic carbocycles. The summed E-state index contributed by atoms with van der Waals surface area (Å²) in [5.74, 6) is 0.271. The number of likely N-dealkylation sites (tertiary alicyclic amines) is 1. The lowest BCUT2D eigenvalue weighted by Crippen LogP contribution is -2.39. The summed E-state index contributed by atoms with van der Waals surface area (Å²) in [6.45, 7) is 12.1. The molecule has 2 amide bonds. The van der Waals surface area contributed by atoms with Gasteiger partial charge in [-0.1, -0.05) is 26.0 Å². The maximum atomic E-state index is 12.7. The SMILES string of the molecule is C=CCN1CCC[C@H]1C(=O)Nc1cc(C(=O)NCC(C)C)ccc1C. The number of rotatable bonds is 7. The average Bonchev–Trinajstić information content (AvgIpc) is 3.03. The van der Waals surface area contributed by atoms with Gasteiger partial charge in [-0.25, -0.2) is 0 Å². The Bertz CT molecular complexity index is 640. The minimum atomic E-state index is -0.129. The number of anilines is 1. The lowest BCUT2D eigenvalue weighted by molar-refractivity contribution is -0.120. The van der Waals surface area contributed by atoms with Gasteiger partial charge in [0.1, 0.15) is 0 Å². The number of carbonyl (C=O) groups excluding carboxylic acids is 2. The summed E-state index contributed by atoms with van der Waals surface area (Å²) in [6, 6.07) is 5.29. The summed E-state index contributed by atoms with van der Waals surface area (Å²) in [7, 11) is 0. The number of nitrogens with one attached hydrogen (secondary N) is 2. The number of aryl methyl sites for hydroxylation is 1. The molecule has 0 aromatic heterocycles. The topological polar surface area (TPSA) is 61.4 Å². The first kappa shape index (κ1) is 19.2. The fraction of sp³-hybridized carbons (Fsp3) is 0.500. The Balaban J connectivity index is 2.08. The van der Waals surface area contributed by atoms with Gasteiger partial charge in [-0.2, -0.15) is 0 Å². The largest absolute Gasteiger partial charge is 0.352 e. The van der Waals surface area contributed by atoms with Crippen LogP contribution in [0, 0.1) is 12.8 Å². The lowest BCUT2D eigenvalue weighted by Gasteiger charge is -2.22. The molecule has 5 nitrogen and oxygen atoms in total. The quantitative estimate of drug-likeness (QED) is 0.748. The summed E-state index contributed by atoms with van der Waals surface area (Å²) in [6.07, 6.45) is 3.70. The van der Waals surface area contributed by atoms with E-state index in [0.717, 1.165) is 24.9 Å². The Morgan fingerprint density at radius 2 is 2.16 bits per heavy atom. The van der Waals surface area contributed by atoms with Crippen molar-refractivity contribution in [1.82, 2.24) is 10.2 Å². The van der Waals surface area contributed by atoms with Gasteiger partial charge in [0.05, 0.1) is 6.04 Å². The van der Waals surface area contributed by atoms with Gasteiger partial charge >= 0.3 is 0 Å². The third-order valence-corrected chi connectivity index (χ3v) is 4.46. The van der Waals surface area contributed by atoms with Gasteiger partial charge < -0.3 is 10.6 Å². The number of amides is 2. The highest BCUT2D eigenvalue weighted by molar-refractivity contribution is 5.99. The highest BCUT2D eigenvalue weighted by atomic mass is 16.2. The molecule has 0 spiro atoms. The van der Waals surface area contributed by atoms with Crippen molar-refractivity contribution in [2.45, 2.75) is 39.7 Å². The summed E-state index contributed by atoms with van der Waals surface area (Å²) in [4.78, 5) is 27.0. The van der Waals surface area contributed by atoms with Gasteiger partial charge in [0.2, 0.25) is 5.91 Å². The Morgan fingerprint density at radius 3 is 2.84 bits per heavy atom. The molecule has 0 bridgehead atoms. The molecule has 136 valence electrons. The number of hydrogen-bond acceptors (Lipinski definition) is 3. The molecule has 0 radical (unpaired) electrons. The van der Waals surface area contributed by atoms with E-state index in [-0.39, 0.29) is 17.9 Å². The molecule has 1 aromatic rings. The molecule has 1 aromatic carbocycles. The molecule has 0 saturated carbocycles. The minimum absolute atomic E-state index is 0.0119. The molecule has 1 aliphatic rings. The smallest absolute Gasteiger partial charge is 0.251 e. The predicted molar refractivity (Wildman–Crippen MR) is 102 cm³/mol. The molecule has 1 aliphatic heterocycles. The first-order chi connectivity index (χ1) is 11.9. The second kappa shape index (κ2) is 8.81. The zero-order valence-corrected chi connectivity index (χ0v) is 15.5. The summed E-state index contributed by atoms with van der Waals surface area (Å²) in [5, 5.41) is 5.91. The maximum Gasteiger partial charge on any atom is 0.251 e. The van der Waals surface area contributed by atoms with Crippen molar-refractivity contribution in [2.24, 2.45) is 5.92 Å². The average molecular weight is 343 g/mol. The summed E-state index contributed by atoms with van der Waals surface area (Å²) in [5.41, 5.74) is 2.21. The first-order valence-corrected chi connectivity index (χ1v) is 8.97. The van der Waals surface area contributed by atoms with Crippen LogP contribution in [0.1, 0.15) is 42.6 Å². The molecule has 1 atom stereocenters. The number of hydrogen-bond donors (Lipinski definition) is 2. The van der Waals surface area contributed by atoms with Crippen LogP contribution in [0.25, 0.3) is 0 Å². The first-order valence-electron chi connectivity index (χ1n) is 8.97. The normalized spacial score (nSPS) is 17.5. The fourth-order valence-electron chi connectivity index (χ4n) is 3.02. The van der Waals surface area contributed by atoms with E-state index in [2.05, 4.69) is 36.0 Å². The van der Waals surface area contributed by atoms with Crippen LogP contribution in [-0.4, -0.2) is 42.4 Å². The van der Waals surface area contributed by atoms with Gasteiger partial charge in [0.15, 0.2) is 0 Å². The van der Waals surface area contributed by atoms with Crippen molar-refractivity contribution < 1.29 is 9.59 Å². The van der Waals surface area contributed by atoms with E-state index >= 15 is 0 Å². The van der Waals surface area contributed by atoms with Crippen LogP contribution >= 0.6 is 0 Å². The monoisotopic (exact) mass is 343 g/mol. The van der Waals surface area contributed by atoms with Gasteiger partial charge in [-0.05, 0) is 49.9 Å². The summed E-state index contributed by atoms with van der Waals surface area (Å²) >= 11 is 0. The Kier molecular flexibility index (Phi) is 6.76. The van der Waals surface area contributed by atoms with E-state index in [9.17, 15) is 9.59 Å². The molecule has 2 N–H and O–H groups in total.